The average Bonchev–Trinajstić information content (AvgIpc) is 3.04. The Morgan fingerprint density at radius 3 is 2.58 bits per heavy atom. The Morgan fingerprint density at radius 2 is 1.81 bits per heavy atom. The van der Waals surface area contributed by atoms with Gasteiger partial charge in [-0.05, 0) is 47.4 Å². The minimum Gasteiger partial charge on any atom is -0.478 e. The highest BCUT2D eigenvalue weighted by Crippen LogP contribution is 2.25. The number of hydrogen-bond acceptors (Lipinski definition) is 2. The minimum absolute atomic E-state index is 0.316. The fourth-order valence-corrected chi connectivity index (χ4v) is 3.20. The van der Waals surface area contributed by atoms with E-state index in [1.54, 1.807) is 12.1 Å². The molecular weight excluding hydrogens is 324 g/mol. The number of rotatable bonds is 4. The average molecular weight is 342 g/mol. The maximum absolute atomic E-state index is 11.4. The van der Waals surface area contributed by atoms with Crippen LogP contribution in [-0.4, -0.2) is 20.6 Å². The first kappa shape index (κ1) is 16.1. The first-order valence-corrected chi connectivity index (χ1v) is 8.45. The van der Waals surface area contributed by atoms with Crippen molar-refractivity contribution in [3.05, 3.63) is 89.7 Å². The summed E-state index contributed by atoms with van der Waals surface area (Å²) in [4.78, 5) is 15.9. The third kappa shape index (κ3) is 2.97. The van der Waals surface area contributed by atoms with Gasteiger partial charge in [0.15, 0.2) is 0 Å². The molecule has 0 spiro atoms. The zero-order valence-corrected chi connectivity index (χ0v) is 14.4. The molecule has 1 heterocycles. The van der Waals surface area contributed by atoms with Crippen LogP contribution in [0.1, 0.15) is 21.5 Å². The molecule has 0 saturated carbocycles. The summed E-state index contributed by atoms with van der Waals surface area (Å²) in [6.45, 7) is 2.80. The number of nitrogens with zero attached hydrogens (tertiary/aromatic N) is 2. The third-order valence-corrected chi connectivity index (χ3v) is 4.55. The summed E-state index contributed by atoms with van der Waals surface area (Å²) in [5, 5.41) is 9.37. The zero-order valence-electron chi connectivity index (χ0n) is 14.4. The number of aromatic nitrogens is 2. The second-order valence-electron chi connectivity index (χ2n) is 6.41. The molecule has 0 aliphatic rings. The molecule has 0 aliphatic carbocycles. The quantitative estimate of drug-likeness (QED) is 0.582. The Kier molecular flexibility index (Phi) is 4.01. The van der Waals surface area contributed by atoms with E-state index in [4.69, 9.17) is 0 Å². The fraction of sp³-hybridized carbons (Fsp3) is 0.0909. The summed E-state index contributed by atoms with van der Waals surface area (Å²) in [5.74, 6) is -0.912. The largest absolute Gasteiger partial charge is 0.478 e. The van der Waals surface area contributed by atoms with Gasteiger partial charge in [-0.25, -0.2) is 9.78 Å². The number of benzene rings is 3. The van der Waals surface area contributed by atoms with Crippen molar-refractivity contribution in [3.63, 3.8) is 0 Å². The molecule has 0 fully saturated rings. The molecule has 0 bridgehead atoms. The zero-order chi connectivity index (χ0) is 18.1. The highest BCUT2D eigenvalue weighted by atomic mass is 16.4. The second-order valence-corrected chi connectivity index (χ2v) is 6.41. The van der Waals surface area contributed by atoms with Gasteiger partial charge in [-0.15, -0.1) is 0 Å². The van der Waals surface area contributed by atoms with Crippen LogP contribution < -0.4 is 0 Å². The summed E-state index contributed by atoms with van der Waals surface area (Å²) in [7, 11) is 0. The Bertz CT molecular complexity index is 1090. The van der Waals surface area contributed by atoms with Gasteiger partial charge in [-0.3, -0.25) is 0 Å². The lowest BCUT2D eigenvalue weighted by Crippen LogP contribution is -2.00. The van der Waals surface area contributed by atoms with Gasteiger partial charge in [-0.2, -0.15) is 0 Å². The van der Waals surface area contributed by atoms with E-state index < -0.39 is 5.97 Å². The molecule has 0 saturated heterocycles. The van der Waals surface area contributed by atoms with Crippen molar-refractivity contribution in [2.45, 2.75) is 13.5 Å². The van der Waals surface area contributed by atoms with Gasteiger partial charge in [0.25, 0.3) is 0 Å². The molecule has 1 N–H and O–H groups in total. The molecule has 0 amide bonds. The summed E-state index contributed by atoms with van der Waals surface area (Å²) < 4.78 is 2.13. The summed E-state index contributed by atoms with van der Waals surface area (Å²) in [5.41, 5.74) is 6.40. The number of aromatic carboxylic acids is 1. The number of carbonyl (C=O) groups is 1. The van der Waals surface area contributed by atoms with Gasteiger partial charge < -0.3 is 9.67 Å². The van der Waals surface area contributed by atoms with Crippen LogP contribution in [0.3, 0.4) is 0 Å². The van der Waals surface area contributed by atoms with Crippen molar-refractivity contribution in [1.29, 1.82) is 0 Å². The number of aryl methyl sites for hydroxylation is 1. The topological polar surface area (TPSA) is 55.1 Å². The van der Waals surface area contributed by atoms with Crippen molar-refractivity contribution in [1.82, 2.24) is 9.55 Å². The van der Waals surface area contributed by atoms with Crippen molar-refractivity contribution in [3.8, 4) is 11.1 Å². The number of hydrogen-bond donors (Lipinski definition) is 1. The summed E-state index contributed by atoms with van der Waals surface area (Å²) >= 11 is 0. The SMILES string of the molecule is Cc1ccc2ncn(Cc3ccc(-c4ccccc4C(=O)O)cc3)c2c1. The van der Waals surface area contributed by atoms with E-state index in [2.05, 4.69) is 28.6 Å². The molecular formula is C22H18N2O2. The Labute approximate surface area is 151 Å². The van der Waals surface area contributed by atoms with Gasteiger partial charge in [0.2, 0.25) is 0 Å². The Morgan fingerprint density at radius 1 is 1.04 bits per heavy atom. The molecule has 128 valence electrons. The van der Waals surface area contributed by atoms with Crippen LogP contribution in [0.5, 0.6) is 0 Å². The van der Waals surface area contributed by atoms with Crippen LogP contribution in [0.2, 0.25) is 0 Å². The number of fused-ring (bicyclic) bond motifs is 1. The predicted molar refractivity (Wildman–Crippen MR) is 102 cm³/mol. The smallest absolute Gasteiger partial charge is 0.336 e. The number of carboxylic acids is 1. The van der Waals surface area contributed by atoms with E-state index >= 15 is 0 Å². The van der Waals surface area contributed by atoms with Crippen molar-refractivity contribution in [2.75, 3.05) is 0 Å². The third-order valence-electron chi connectivity index (χ3n) is 4.55. The molecule has 26 heavy (non-hydrogen) atoms. The van der Waals surface area contributed by atoms with Crippen molar-refractivity contribution >= 4 is 17.0 Å². The molecule has 4 aromatic rings. The van der Waals surface area contributed by atoms with E-state index in [1.807, 2.05) is 48.8 Å². The fourth-order valence-electron chi connectivity index (χ4n) is 3.20. The minimum atomic E-state index is -0.912. The Hall–Kier alpha value is -3.40. The maximum atomic E-state index is 11.4. The van der Waals surface area contributed by atoms with E-state index in [-0.39, 0.29) is 0 Å². The molecule has 0 aliphatic heterocycles. The number of imidazole rings is 1. The lowest BCUT2D eigenvalue weighted by Gasteiger charge is -2.09. The molecule has 4 rings (SSSR count). The molecule has 0 radical (unpaired) electrons. The van der Waals surface area contributed by atoms with Gasteiger partial charge in [-0.1, -0.05) is 48.5 Å². The Balaban J connectivity index is 1.64. The van der Waals surface area contributed by atoms with E-state index in [9.17, 15) is 9.90 Å². The lowest BCUT2D eigenvalue weighted by molar-refractivity contribution is 0.0697. The molecule has 3 aromatic carbocycles. The van der Waals surface area contributed by atoms with Crippen LogP contribution in [-0.2, 0) is 6.54 Å². The van der Waals surface area contributed by atoms with Gasteiger partial charge in [0.1, 0.15) is 0 Å². The van der Waals surface area contributed by atoms with E-state index in [1.165, 1.54) is 5.56 Å². The molecule has 4 heteroatoms. The van der Waals surface area contributed by atoms with Gasteiger partial charge >= 0.3 is 5.97 Å². The highest BCUT2D eigenvalue weighted by Gasteiger charge is 2.11. The molecule has 4 nitrogen and oxygen atoms in total. The van der Waals surface area contributed by atoms with Crippen LogP contribution in [0.4, 0.5) is 0 Å². The summed E-state index contributed by atoms with van der Waals surface area (Å²) in [6.07, 6.45) is 1.86. The first-order chi connectivity index (χ1) is 12.6. The van der Waals surface area contributed by atoms with E-state index in [0.717, 1.165) is 34.3 Å². The number of carboxylic acid groups (broad SMARTS) is 1. The standard InChI is InChI=1S/C22H18N2O2/c1-15-6-11-20-21(12-15)24(14-23-20)13-16-7-9-17(10-8-16)18-4-2-3-5-19(18)22(25)26/h2-12,14H,13H2,1H3,(H,25,26). The first-order valence-electron chi connectivity index (χ1n) is 8.45. The second kappa shape index (κ2) is 6.48. The van der Waals surface area contributed by atoms with Crippen molar-refractivity contribution < 1.29 is 9.90 Å². The van der Waals surface area contributed by atoms with E-state index in [0.29, 0.717) is 5.56 Å². The van der Waals surface area contributed by atoms with Crippen LogP contribution >= 0.6 is 0 Å². The molecule has 0 unspecified atom stereocenters. The molecule has 0 atom stereocenters. The van der Waals surface area contributed by atoms with Gasteiger partial charge in [0.05, 0.1) is 22.9 Å². The van der Waals surface area contributed by atoms with Crippen LogP contribution in [0.25, 0.3) is 22.2 Å². The normalized spacial score (nSPS) is 11.0. The highest BCUT2D eigenvalue weighted by molar-refractivity contribution is 5.96. The summed E-state index contributed by atoms with van der Waals surface area (Å²) in [6, 6.07) is 21.3. The van der Waals surface area contributed by atoms with Crippen LogP contribution in [0, 0.1) is 6.92 Å². The maximum Gasteiger partial charge on any atom is 0.336 e. The van der Waals surface area contributed by atoms with Gasteiger partial charge in [0, 0.05) is 6.54 Å². The lowest BCUT2D eigenvalue weighted by atomic mass is 9.99. The molecule has 1 aromatic heterocycles. The monoisotopic (exact) mass is 342 g/mol. The predicted octanol–water partition coefficient (Wildman–Crippen LogP) is 4.76. The van der Waals surface area contributed by atoms with Crippen molar-refractivity contribution in [2.24, 2.45) is 0 Å². The van der Waals surface area contributed by atoms with Crippen LogP contribution in [0.15, 0.2) is 73.1 Å².